The third kappa shape index (κ3) is 3.60. The highest BCUT2D eigenvalue weighted by atomic mass is 16.5. The predicted molar refractivity (Wildman–Crippen MR) is 66.4 cm³/mol. The van der Waals surface area contributed by atoms with E-state index in [0.717, 1.165) is 6.42 Å². The number of carbonyl (C=O) groups is 2. The van der Waals surface area contributed by atoms with Crippen LogP contribution in [0.25, 0.3) is 0 Å². The number of hydrogen-bond acceptors (Lipinski definition) is 3. The van der Waals surface area contributed by atoms with Gasteiger partial charge in [0.2, 0.25) is 0 Å². The Balaban J connectivity index is 2.54. The molecule has 0 bridgehead atoms. The van der Waals surface area contributed by atoms with Crippen LogP contribution in [0.1, 0.15) is 26.7 Å². The van der Waals surface area contributed by atoms with Crippen LogP contribution in [0, 0.1) is 5.92 Å². The van der Waals surface area contributed by atoms with Gasteiger partial charge in [0.15, 0.2) is 0 Å². The van der Waals surface area contributed by atoms with E-state index in [-0.39, 0.29) is 12.1 Å². The zero-order valence-electron chi connectivity index (χ0n) is 11.2. The first-order valence-corrected chi connectivity index (χ1v) is 6.30. The van der Waals surface area contributed by atoms with Crippen LogP contribution in [0.4, 0.5) is 4.79 Å². The van der Waals surface area contributed by atoms with E-state index in [1.807, 2.05) is 0 Å². The summed E-state index contributed by atoms with van der Waals surface area (Å²) in [6.45, 7) is 4.98. The van der Waals surface area contributed by atoms with E-state index in [4.69, 9.17) is 9.84 Å². The molecule has 2 amide bonds. The highest BCUT2D eigenvalue weighted by molar-refractivity contribution is 5.82. The van der Waals surface area contributed by atoms with Crippen LogP contribution in [0.3, 0.4) is 0 Å². The number of carboxylic acids is 1. The number of nitrogens with zero attached hydrogens (tertiary/aromatic N) is 1. The van der Waals surface area contributed by atoms with E-state index in [1.165, 1.54) is 0 Å². The van der Waals surface area contributed by atoms with Crippen molar-refractivity contribution in [1.29, 1.82) is 0 Å². The molecular weight excluding hydrogens is 236 g/mol. The zero-order chi connectivity index (χ0) is 13.7. The first-order valence-electron chi connectivity index (χ1n) is 6.30. The molecule has 1 saturated heterocycles. The molecule has 6 nitrogen and oxygen atoms in total. The summed E-state index contributed by atoms with van der Waals surface area (Å²) in [6, 6.07) is -1.14. The maximum absolute atomic E-state index is 11.9. The van der Waals surface area contributed by atoms with Crippen molar-refractivity contribution in [2.24, 2.45) is 5.92 Å². The Bertz CT molecular complexity index is 308. The minimum atomic E-state index is -1.00. The molecule has 0 radical (unpaired) electrons. The second-order valence-corrected chi connectivity index (χ2v) is 4.73. The summed E-state index contributed by atoms with van der Waals surface area (Å²) in [5.41, 5.74) is 0. The summed E-state index contributed by atoms with van der Waals surface area (Å²) in [5.74, 6) is -0.583. The molecule has 1 heterocycles. The molecule has 1 aliphatic rings. The van der Waals surface area contributed by atoms with E-state index in [1.54, 1.807) is 18.9 Å². The van der Waals surface area contributed by atoms with Crippen LogP contribution in [0.2, 0.25) is 0 Å². The van der Waals surface area contributed by atoms with Gasteiger partial charge in [0.1, 0.15) is 6.04 Å². The third-order valence-corrected chi connectivity index (χ3v) is 3.48. The Morgan fingerprint density at radius 2 is 2.22 bits per heavy atom. The number of likely N-dealkylation sites (tertiary alicyclic amines) is 1. The van der Waals surface area contributed by atoms with E-state index in [0.29, 0.717) is 25.4 Å². The summed E-state index contributed by atoms with van der Waals surface area (Å²) in [6.07, 6.45) is 1.27. The second kappa shape index (κ2) is 6.58. The summed E-state index contributed by atoms with van der Waals surface area (Å²) in [7, 11) is 1.63. The van der Waals surface area contributed by atoms with Crippen molar-refractivity contribution in [2.75, 3.05) is 20.2 Å². The van der Waals surface area contributed by atoms with Crippen LogP contribution in [-0.2, 0) is 9.53 Å². The molecule has 0 saturated carbocycles. The lowest BCUT2D eigenvalue weighted by Gasteiger charge is -2.36. The number of hydrogen-bond donors (Lipinski definition) is 2. The van der Waals surface area contributed by atoms with Crippen LogP contribution in [-0.4, -0.2) is 54.4 Å². The molecule has 0 aromatic heterocycles. The number of nitrogens with one attached hydrogen (secondary N) is 1. The highest BCUT2D eigenvalue weighted by Gasteiger charge is 2.30. The van der Waals surface area contributed by atoms with E-state index < -0.39 is 12.0 Å². The van der Waals surface area contributed by atoms with Gasteiger partial charge in [0.25, 0.3) is 0 Å². The average Bonchev–Trinajstić information content (AvgIpc) is 2.35. The van der Waals surface area contributed by atoms with Gasteiger partial charge >= 0.3 is 12.0 Å². The van der Waals surface area contributed by atoms with Crippen molar-refractivity contribution in [3.63, 3.8) is 0 Å². The predicted octanol–water partition coefficient (Wildman–Crippen LogP) is 0.916. The number of methoxy groups -OCH3 is 1. The molecule has 3 atom stereocenters. The summed E-state index contributed by atoms with van der Waals surface area (Å²) < 4.78 is 5.32. The molecule has 18 heavy (non-hydrogen) atoms. The molecule has 1 rings (SSSR count). The Hall–Kier alpha value is -1.30. The van der Waals surface area contributed by atoms with E-state index >= 15 is 0 Å². The van der Waals surface area contributed by atoms with Crippen LogP contribution in [0.5, 0.6) is 0 Å². The number of ether oxygens (including phenoxy) is 1. The maximum Gasteiger partial charge on any atom is 0.326 e. The number of rotatable bonds is 4. The fourth-order valence-corrected chi connectivity index (χ4v) is 2.10. The number of urea groups is 1. The van der Waals surface area contributed by atoms with Crippen molar-refractivity contribution in [3.05, 3.63) is 0 Å². The Labute approximate surface area is 107 Å². The Morgan fingerprint density at radius 1 is 1.56 bits per heavy atom. The second-order valence-electron chi connectivity index (χ2n) is 4.73. The van der Waals surface area contributed by atoms with Gasteiger partial charge in [-0.3, -0.25) is 0 Å². The fraction of sp³-hybridized carbons (Fsp3) is 0.833. The van der Waals surface area contributed by atoms with E-state index in [2.05, 4.69) is 12.2 Å². The van der Waals surface area contributed by atoms with Crippen LogP contribution < -0.4 is 5.32 Å². The molecule has 0 aromatic rings. The molecule has 1 aliphatic heterocycles. The van der Waals surface area contributed by atoms with Crippen molar-refractivity contribution in [3.8, 4) is 0 Å². The molecule has 104 valence electrons. The third-order valence-electron chi connectivity index (χ3n) is 3.48. The van der Waals surface area contributed by atoms with Gasteiger partial charge in [-0.1, -0.05) is 13.8 Å². The van der Waals surface area contributed by atoms with Gasteiger partial charge in [0, 0.05) is 20.2 Å². The average molecular weight is 258 g/mol. The molecule has 0 aromatic carbocycles. The minimum Gasteiger partial charge on any atom is -0.480 e. The molecule has 0 spiro atoms. The Morgan fingerprint density at radius 3 is 2.72 bits per heavy atom. The van der Waals surface area contributed by atoms with Crippen molar-refractivity contribution >= 4 is 12.0 Å². The van der Waals surface area contributed by atoms with Crippen molar-refractivity contribution in [2.45, 2.75) is 38.8 Å². The normalized spacial score (nSPS) is 25.6. The molecule has 0 aliphatic carbocycles. The van der Waals surface area contributed by atoms with Gasteiger partial charge in [0.05, 0.1) is 6.10 Å². The first-order chi connectivity index (χ1) is 8.49. The lowest BCUT2D eigenvalue weighted by molar-refractivity contribution is -0.139. The summed E-state index contributed by atoms with van der Waals surface area (Å²) in [4.78, 5) is 24.4. The van der Waals surface area contributed by atoms with Crippen molar-refractivity contribution in [1.82, 2.24) is 10.2 Å². The minimum absolute atomic E-state index is 0.0226. The topological polar surface area (TPSA) is 78.9 Å². The smallest absolute Gasteiger partial charge is 0.326 e. The number of amides is 2. The number of carbonyl (C=O) groups excluding carboxylic acids is 1. The van der Waals surface area contributed by atoms with E-state index in [9.17, 15) is 9.59 Å². The SMILES string of the molecule is CCC(NC(=O)N1CCC(C)C(OC)C1)C(=O)O. The maximum atomic E-state index is 11.9. The molecular formula is C12H22N2O4. The molecule has 1 fully saturated rings. The lowest BCUT2D eigenvalue weighted by atomic mass is 9.96. The molecule has 6 heteroatoms. The quantitative estimate of drug-likeness (QED) is 0.785. The van der Waals surface area contributed by atoms with Crippen LogP contribution in [0.15, 0.2) is 0 Å². The molecule has 3 unspecified atom stereocenters. The standard InChI is InChI=1S/C12H22N2O4/c1-4-9(11(15)16)13-12(17)14-6-5-8(2)10(7-14)18-3/h8-10H,4-7H2,1-3H3,(H,13,17)(H,15,16). The zero-order valence-corrected chi connectivity index (χ0v) is 11.2. The molecule has 2 N–H and O–H groups in total. The van der Waals surface area contributed by atoms with Gasteiger partial charge in [-0.05, 0) is 18.8 Å². The summed E-state index contributed by atoms with van der Waals surface area (Å²) in [5, 5.41) is 11.4. The van der Waals surface area contributed by atoms with Gasteiger partial charge in [-0.15, -0.1) is 0 Å². The van der Waals surface area contributed by atoms with Crippen molar-refractivity contribution < 1.29 is 19.4 Å². The first kappa shape index (κ1) is 14.8. The lowest BCUT2D eigenvalue weighted by Crippen LogP contribution is -2.53. The largest absolute Gasteiger partial charge is 0.480 e. The van der Waals surface area contributed by atoms with Gasteiger partial charge in [-0.25, -0.2) is 9.59 Å². The van der Waals surface area contributed by atoms with Gasteiger partial charge in [-0.2, -0.15) is 0 Å². The number of carboxylic acid groups (broad SMARTS) is 1. The fourth-order valence-electron chi connectivity index (χ4n) is 2.10. The highest BCUT2D eigenvalue weighted by Crippen LogP contribution is 2.19. The number of piperidine rings is 1. The van der Waals surface area contributed by atoms with Gasteiger partial charge < -0.3 is 20.1 Å². The Kier molecular flexibility index (Phi) is 5.40. The van der Waals surface area contributed by atoms with Crippen LogP contribution >= 0.6 is 0 Å². The number of aliphatic carboxylic acids is 1. The summed E-state index contributed by atoms with van der Waals surface area (Å²) >= 11 is 0. The monoisotopic (exact) mass is 258 g/mol.